The molecule has 1 rings (SSSR count). The minimum atomic E-state index is -0.542. The molecule has 0 unspecified atom stereocenters. The number of urea groups is 1. The van der Waals surface area contributed by atoms with Crippen molar-refractivity contribution in [3.63, 3.8) is 0 Å². The van der Waals surface area contributed by atoms with Crippen LogP contribution in [0.15, 0.2) is 28.7 Å². The molecule has 0 saturated heterocycles. The van der Waals surface area contributed by atoms with Crippen molar-refractivity contribution in [2.24, 2.45) is 0 Å². The number of amides is 2. The maximum Gasteiger partial charge on any atom is 0.319 e. The van der Waals surface area contributed by atoms with Gasteiger partial charge in [0.05, 0.1) is 12.1 Å². The fourth-order valence-corrected chi connectivity index (χ4v) is 1.89. The zero-order chi connectivity index (χ0) is 13.6. The van der Waals surface area contributed by atoms with Crippen LogP contribution in [-0.2, 0) is 0 Å². The monoisotopic (exact) mass is 314 g/mol. The third kappa shape index (κ3) is 3.99. The number of rotatable bonds is 5. The van der Waals surface area contributed by atoms with Gasteiger partial charge in [-0.3, -0.25) is 0 Å². The Labute approximate surface area is 116 Å². The molecule has 100 valence electrons. The number of aliphatic hydroxyl groups is 1. The standard InChI is InChI=1S/C13H19BrN2O2/c1-3-13(4-2,9-17)16-12(18)15-11-7-5-10(14)6-8-11/h5-8,17H,3-4,9H2,1-2H3,(H2,15,16,18). The molecule has 0 heterocycles. The second-order valence-corrected chi connectivity index (χ2v) is 5.15. The molecular formula is C13H19BrN2O2. The third-order valence-electron chi connectivity index (χ3n) is 3.14. The van der Waals surface area contributed by atoms with Gasteiger partial charge in [-0.1, -0.05) is 29.8 Å². The van der Waals surface area contributed by atoms with E-state index in [0.29, 0.717) is 12.8 Å². The Kier molecular flexibility index (Phi) is 5.62. The molecule has 0 aliphatic heterocycles. The van der Waals surface area contributed by atoms with E-state index in [-0.39, 0.29) is 12.6 Å². The number of carbonyl (C=O) groups is 1. The highest BCUT2D eigenvalue weighted by atomic mass is 79.9. The number of halogens is 1. The summed E-state index contributed by atoms with van der Waals surface area (Å²) in [4.78, 5) is 11.8. The van der Waals surface area contributed by atoms with Crippen molar-refractivity contribution in [2.45, 2.75) is 32.2 Å². The van der Waals surface area contributed by atoms with Gasteiger partial charge in [0.2, 0.25) is 0 Å². The average Bonchev–Trinajstić information content (AvgIpc) is 2.39. The Morgan fingerprint density at radius 2 is 1.83 bits per heavy atom. The fraction of sp³-hybridized carbons (Fsp3) is 0.462. The summed E-state index contributed by atoms with van der Waals surface area (Å²) < 4.78 is 0.959. The summed E-state index contributed by atoms with van der Waals surface area (Å²) in [5.41, 5.74) is 0.175. The average molecular weight is 315 g/mol. The summed E-state index contributed by atoms with van der Waals surface area (Å²) in [6.07, 6.45) is 1.38. The van der Waals surface area contributed by atoms with Crippen LogP contribution >= 0.6 is 15.9 Å². The minimum absolute atomic E-state index is 0.0617. The molecule has 0 fully saturated rings. The van der Waals surface area contributed by atoms with Crippen molar-refractivity contribution in [3.8, 4) is 0 Å². The van der Waals surface area contributed by atoms with E-state index in [2.05, 4.69) is 26.6 Å². The van der Waals surface area contributed by atoms with E-state index >= 15 is 0 Å². The van der Waals surface area contributed by atoms with Crippen molar-refractivity contribution in [3.05, 3.63) is 28.7 Å². The van der Waals surface area contributed by atoms with Crippen LogP contribution in [0.25, 0.3) is 0 Å². The zero-order valence-electron chi connectivity index (χ0n) is 10.7. The summed E-state index contributed by atoms with van der Waals surface area (Å²) in [6, 6.07) is 7.03. The van der Waals surface area contributed by atoms with Gasteiger partial charge in [0.25, 0.3) is 0 Å². The van der Waals surface area contributed by atoms with Gasteiger partial charge in [0.15, 0.2) is 0 Å². The zero-order valence-corrected chi connectivity index (χ0v) is 12.3. The first kappa shape index (κ1) is 15.0. The van der Waals surface area contributed by atoms with Gasteiger partial charge in [-0.2, -0.15) is 0 Å². The number of nitrogens with one attached hydrogen (secondary N) is 2. The molecular weight excluding hydrogens is 296 g/mol. The minimum Gasteiger partial charge on any atom is -0.394 e. The van der Waals surface area contributed by atoms with E-state index in [1.807, 2.05) is 38.1 Å². The molecule has 0 saturated carbocycles. The number of anilines is 1. The predicted octanol–water partition coefficient (Wildman–Crippen LogP) is 3.12. The largest absolute Gasteiger partial charge is 0.394 e. The van der Waals surface area contributed by atoms with Crippen molar-refractivity contribution >= 4 is 27.6 Å². The summed E-state index contributed by atoms with van der Waals surface area (Å²) in [7, 11) is 0. The Balaban J connectivity index is 2.63. The van der Waals surface area contributed by atoms with Gasteiger partial charge >= 0.3 is 6.03 Å². The molecule has 5 heteroatoms. The van der Waals surface area contributed by atoms with E-state index < -0.39 is 5.54 Å². The Hall–Kier alpha value is -1.07. The molecule has 3 N–H and O–H groups in total. The van der Waals surface area contributed by atoms with E-state index in [9.17, 15) is 9.90 Å². The molecule has 1 aromatic rings. The van der Waals surface area contributed by atoms with E-state index in [1.165, 1.54) is 0 Å². The SMILES string of the molecule is CCC(CC)(CO)NC(=O)Nc1ccc(Br)cc1. The molecule has 0 aliphatic rings. The lowest BCUT2D eigenvalue weighted by Crippen LogP contribution is -2.51. The first-order chi connectivity index (χ1) is 8.55. The molecule has 18 heavy (non-hydrogen) atoms. The van der Waals surface area contributed by atoms with Crippen molar-refractivity contribution in [2.75, 3.05) is 11.9 Å². The number of hydrogen-bond donors (Lipinski definition) is 3. The number of hydrogen-bond acceptors (Lipinski definition) is 2. The Bertz CT molecular complexity index is 380. The van der Waals surface area contributed by atoms with Gasteiger partial charge in [-0.05, 0) is 37.1 Å². The lowest BCUT2D eigenvalue weighted by Gasteiger charge is -2.30. The van der Waals surface area contributed by atoms with Gasteiger partial charge in [0, 0.05) is 10.2 Å². The fourth-order valence-electron chi connectivity index (χ4n) is 1.63. The first-order valence-corrected chi connectivity index (χ1v) is 6.80. The molecule has 0 aliphatic carbocycles. The highest BCUT2D eigenvalue weighted by Gasteiger charge is 2.27. The quantitative estimate of drug-likeness (QED) is 0.782. The van der Waals surface area contributed by atoms with Crippen LogP contribution < -0.4 is 10.6 Å². The van der Waals surface area contributed by atoms with Crippen LogP contribution in [0.5, 0.6) is 0 Å². The van der Waals surface area contributed by atoms with Gasteiger partial charge in [-0.15, -0.1) is 0 Å². The predicted molar refractivity (Wildman–Crippen MR) is 76.7 cm³/mol. The Morgan fingerprint density at radius 1 is 1.28 bits per heavy atom. The highest BCUT2D eigenvalue weighted by Crippen LogP contribution is 2.16. The van der Waals surface area contributed by atoms with Crippen LogP contribution in [0.3, 0.4) is 0 Å². The summed E-state index contributed by atoms with van der Waals surface area (Å²) in [5, 5.41) is 15.0. The molecule has 0 bridgehead atoms. The van der Waals surface area contributed by atoms with E-state index in [0.717, 1.165) is 10.2 Å². The molecule has 0 aromatic heterocycles. The number of aliphatic hydroxyl groups excluding tert-OH is 1. The van der Waals surface area contributed by atoms with Crippen molar-refractivity contribution in [1.29, 1.82) is 0 Å². The maximum atomic E-state index is 11.8. The van der Waals surface area contributed by atoms with E-state index in [4.69, 9.17) is 0 Å². The molecule has 0 atom stereocenters. The molecule has 0 radical (unpaired) electrons. The normalized spacial score (nSPS) is 11.1. The van der Waals surface area contributed by atoms with Gasteiger partial charge in [0.1, 0.15) is 0 Å². The van der Waals surface area contributed by atoms with Crippen LogP contribution in [0, 0.1) is 0 Å². The van der Waals surface area contributed by atoms with Crippen molar-refractivity contribution < 1.29 is 9.90 Å². The molecule has 0 spiro atoms. The maximum absolute atomic E-state index is 11.8. The second kappa shape index (κ2) is 6.75. The second-order valence-electron chi connectivity index (χ2n) is 4.23. The molecule has 4 nitrogen and oxygen atoms in total. The van der Waals surface area contributed by atoms with Gasteiger partial charge < -0.3 is 15.7 Å². The number of carbonyl (C=O) groups excluding carboxylic acids is 1. The first-order valence-electron chi connectivity index (χ1n) is 6.01. The lowest BCUT2D eigenvalue weighted by atomic mass is 9.94. The summed E-state index contributed by atoms with van der Waals surface area (Å²) >= 11 is 3.33. The van der Waals surface area contributed by atoms with E-state index in [1.54, 1.807) is 0 Å². The van der Waals surface area contributed by atoms with Crippen LogP contribution in [0.2, 0.25) is 0 Å². The van der Waals surface area contributed by atoms with Crippen LogP contribution in [-0.4, -0.2) is 23.3 Å². The molecule has 1 aromatic carbocycles. The van der Waals surface area contributed by atoms with Crippen molar-refractivity contribution in [1.82, 2.24) is 5.32 Å². The van der Waals surface area contributed by atoms with Gasteiger partial charge in [-0.25, -0.2) is 4.79 Å². The summed E-state index contributed by atoms with van der Waals surface area (Å²) in [5.74, 6) is 0. The lowest BCUT2D eigenvalue weighted by molar-refractivity contribution is 0.155. The highest BCUT2D eigenvalue weighted by molar-refractivity contribution is 9.10. The topological polar surface area (TPSA) is 61.4 Å². The van der Waals surface area contributed by atoms with Crippen LogP contribution in [0.4, 0.5) is 10.5 Å². The molecule has 2 amide bonds. The smallest absolute Gasteiger partial charge is 0.319 e. The third-order valence-corrected chi connectivity index (χ3v) is 3.67. The summed E-state index contributed by atoms with van der Waals surface area (Å²) in [6.45, 7) is 3.83. The van der Waals surface area contributed by atoms with Crippen LogP contribution in [0.1, 0.15) is 26.7 Å². The Morgan fingerprint density at radius 3 is 2.28 bits per heavy atom. The number of benzene rings is 1.